The summed E-state index contributed by atoms with van der Waals surface area (Å²) >= 11 is -1.97. The number of hydrogen-bond acceptors (Lipinski definition) is 0. The number of rotatable bonds is 18. The molecule has 0 nitrogen and oxygen atoms in total. The van der Waals surface area contributed by atoms with Gasteiger partial charge in [-0.3, -0.25) is 0 Å². The average molecular weight is 443 g/mol. The first-order valence-electron chi connectivity index (χ1n) is 11.4. The standard InChI is InChI=1S/C11H21.3C4H9.Sn/c1-3-5-7-9-11-10-8-6-4-2;3*1-3-4-2;/h1,3H,4-11H2,2H3;3*1,3-4H2,2H3;. The Labute approximate surface area is 159 Å². The van der Waals surface area contributed by atoms with Gasteiger partial charge < -0.3 is 0 Å². The maximum absolute atomic E-state index is 2.87. The third kappa shape index (κ3) is 13.8. The van der Waals surface area contributed by atoms with E-state index in [0.29, 0.717) is 0 Å². The fraction of sp³-hybridized carbons (Fsp3) is 0.913. The quantitative estimate of drug-likeness (QED) is 0.146. The second kappa shape index (κ2) is 18.3. The van der Waals surface area contributed by atoms with E-state index in [4.69, 9.17) is 0 Å². The first-order chi connectivity index (χ1) is 11.7. The monoisotopic (exact) mass is 444 g/mol. The predicted octanol–water partition coefficient (Wildman–Crippen LogP) is 9.07. The fourth-order valence-corrected chi connectivity index (χ4v) is 18.3. The number of allylic oxidation sites excluding steroid dienone is 1. The zero-order valence-electron chi connectivity index (χ0n) is 17.7. The Kier molecular flexibility index (Phi) is 18.7. The maximum atomic E-state index is 2.87. The van der Waals surface area contributed by atoms with Crippen LogP contribution in [0.1, 0.15) is 118 Å². The average Bonchev–Trinajstić information content (AvgIpc) is 2.61. The van der Waals surface area contributed by atoms with Gasteiger partial charge in [0.2, 0.25) is 0 Å². The van der Waals surface area contributed by atoms with Gasteiger partial charge in [0, 0.05) is 0 Å². The molecule has 144 valence electrons. The Hall–Kier alpha value is 0.539. The van der Waals surface area contributed by atoms with Gasteiger partial charge in [-0.05, 0) is 0 Å². The van der Waals surface area contributed by atoms with Crippen molar-refractivity contribution in [2.24, 2.45) is 0 Å². The second-order valence-corrected chi connectivity index (χ2v) is 21.0. The van der Waals surface area contributed by atoms with Crippen LogP contribution >= 0.6 is 0 Å². The molecule has 0 amide bonds. The molecule has 0 aromatic heterocycles. The van der Waals surface area contributed by atoms with E-state index in [0.717, 1.165) is 0 Å². The Bertz CT molecular complexity index is 247. The molecule has 0 aliphatic heterocycles. The first-order valence-corrected chi connectivity index (χ1v) is 19.1. The van der Waals surface area contributed by atoms with Gasteiger partial charge in [-0.1, -0.05) is 0 Å². The SMILES string of the molecule is CCCCCCCCC/C=[CH]/[Sn]([CH2]CCC)([CH2]CCC)[CH2]CCC. The molecule has 0 fully saturated rings. The molecule has 0 bridgehead atoms. The summed E-state index contributed by atoms with van der Waals surface area (Å²) in [5, 5.41) is 0. The van der Waals surface area contributed by atoms with Crippen molar-refractivity contribution in [3.63, 3.8) is 0 Å². The Balaban J connectivity index is 4.27. The van der Waals surface area contributed by atoms with Crippen molar-refractivity contribution in [2.45, 2.75) is 131 Å². The van der Waals surface area contributed by atoms with Crippen LogP contribution in [0.25, 0.3) is 0 Å². The van der Waals surface area contributed by atoms with Gasteiger partial charge in [0.05, 0.1) is 0 Å². The molecule has 0 aromatic carbocycles. The molecule has 0 rings (SSSR count). The van der Waals surface area contributed by atoms with Crippen molar-refractivity contribution in [3.05, 3.63) is 10.2 Å². The van der Waals surface area contributed by atoms with Crippen LogP contribution < -0.4 is 0 Å². The topological polar surface area (TPSA) is 0 Å². The molecule has 0 N–H and O–H groups in total. The summed E-state index contributed by atoms with van der Waals surface area (Å²) < 4.78 is 7.74. The Morgan fingerprint density at radius 1 is 0.500 bits per heavy atom. The van der Waals surface area contributed by atoms with Gasteiger partial charge in [-0.2, -0.15) is 0 Å². The molecular weight excluding hydrogens is 395 g/mol. The summed E-state index contributed by atoms with van der Waals surface area (Å²) in [6, 6.07) is 0. The van der Waals surface area contributed by atoms with Crippen LogP contribution in [0.3, 0.4) is 0 Å². The third-order valence-electron chi connectivity index (χ3n) is 5.53. The summed E-state index contributed by atoms with van der Waals surface area (Å²) in [5.41, 5.74) is 0. The molecule has 0 saturated heterocycles. The number of hydrogen-bond donors (Lipinski definition) is 0. The second-order valence-electron chi connectivity index (χ2n) is 7.99. The van der Waals surface area contributed by atoms with Crippen LogP contribution in [-0.4, -0.2) is 18.4 Å². The summed E-state index contributed by atoms with van der Waals surface area (Å²) in [7, 11) is 0. The van der Waals surface area contributed by atoms with E-state index < -0.39 is 18.4 Å². The van der Waals surface area contributed by atoms with Crippen LogP contribution in [0.15, 0.2) is 10.2 Å². The van der Waals surface area contributed by atoms with Crippen molar-refractivity contribution < 1.29 is 0 Å². The van der Waals surface area contributed by atoms with Gasteiger partial charge in [0.15, 0.2) is 0 Å². The van der Waals surface area contributed by atoms with Gasteiger partial charge in [0.25, 0.3) is 0 Å². The van der Waals surface area contributed by atoms with Gasteiger partial charge in [-0.15, -0.1) is 0 Å². The van der Waals surface area contributed by atoms with Gasteiger partial charge in [0.1, 0.15) is 0 Å². The summed E-state index contributed by atoms with van der Waals surface area (Å²) in [6.45, 7) is 9.42. The molecule has 0 saturated carbocycles. The molecule has 0 aromatic rings. The van der Waals surface area contributed by atoms with Crippen LogP contribution in [0.5, 0.6) is 0 Å². The van der Waals surface area contributed by atoms with E-state index in [9.17, 15) is 0 Å². The van der Waals surface area contributed by atoms with Crippen LogP contribution in [-0.2, 0) is 0 Å². The van der Waals surface area contributed by atoms with E-state index in [-0.39, 0.29) is 0 Å². The van der Waals surface area contributed by atoms with E-state index in [1.807, 2.05) is 0 Å². The van der Waals surface area contributed by atoms with Crippen molar-refractivity contribution >= 4 is 18.4 Å². The van der Waals surface area contributed by atoms with Crippen LogP contribution in [0, 0.1) is 0 Å². The molecule has 1 heteroatoms. The van der Waals surface area contributed by atoms with Crippen molar-refractivity contribution in [2.75, 3.05) is 0 Å². The van der Waals surface area contributed by atoms with E-state index >= 15 is 0 Å². The summed E-state index contributed by atoms with van der Waals surface area (Å²) in [5.74, 6) is 0. The Morgan fingerprint density at radius 2 is 0.917 bits per heavy atom. The minimum atomic E-state index is -1.97. The van der Waals surface area contributed by atoms with E-state index in [1.165, 1.54) is 89.9 Å². The molecule has 0 atom stereocenters. The summed E-state index contributed by atoms with van der Waals surface area (Å²) in [4.78, 5) is 0. The Morgan fingerprint density at radius 3 is 1.38 bits per heavy atom. The molecular formula is C23H48Sn. The predicted molar refractivity (Wildman–Crippen MR) is 117 cm³/mol. The van der Waals surface area contributed by atoms with Crippen molar-refractivity contribution in [3.8, 4) is 0 Å². The first kappa shape index (κ1) is 24.5. The molecule has 0 radical (unpaired) electrons. The zero-order chi connectivity index (χ0) is 17.9. The van der Waals surface area contributed by atoms with Crippen molar-refractivity contribution in [1.29, 1.82) is 0 Å². The van der Waals surface area contributed by atoms with E-state index in [2.05, 4.69) is 37.9 Å². The molecule has 0 heterocycles. The van der Waals surface area contributed by atoms with Gasteiger partial charge in [-0.25, -0.2) is 0 Å². The van der Waals surface area contributed by atoms with Crippen LogP contribution in [0.4, 0.5) is 0 Å². The minimum absolute atomic E-state index is 1.36. The third-order valence-corrected chi connectivity index (χ3v) is 19.8. The van der Waals surface area contributed by atoms with Gasteiger partial charge >= 0.3 is 159 Å². The summed E-state index contributed by atoms with van der Waals surface area (Å²) in [6.07, 6.45) is 22.7. The normalized spacial score (nSPS) is 12.3. The zero-order valence-corrected chi connectivity index (χ0v) is 20.5. The van der Waals surface area contributed by atoms with E-state index in [1.54, 1.807) is 13.3 Å². The number of unbranched alkanes of at least 4 members (excludes halogenated alkanes) is 10. The van der Waals surface area contributed by atoms with Crippen LogP contribution in [0.2, 0.25) is 13.3 Å². The molecule has 0 unspecified atom stereocenters. The molecule has 24 heavy (non-hydrogen) atoms. The van der Waals surface area contributed by atoms with Crippen molar-refractivity contribution in [1.82, 2.24) is 0 Å². The molecule has 0 aliphatic rings. The molecule has 0 spiro atoms. The molecule has 0 aliphatic carbocycles. The fourth-order valence-electron chi connectivity index (χ4n) is 3.76.